The number of aromatic nitrogens is 1. The first-order valence-electron chi connectivity index (χ1n) is 8.74. The van der Waals surface area contributed by atoms with Gasteiger partial charge in [-0.05, 0) is 30.2 Å². The number of benzene rings is 1. The molecule has 1 aliphatic rings. The lowest BCUT2D eigenvalue weighted by Gasteiger charge is -2.25. The maximum Gasteiger partial charge on any atom is 0.573 e. The summed E-state index contributed by atoms with van der Waals surface area (Å²) in [6.45, 7) is 0.0175. The fraction of sp³-hybridized carbons (Fsp3) is 0.263. The highest BCUT2D eigenvalue weighted by Gasteiger charge is 2.34. The van der Waals surface area contributed by atoms with Crippen LogP contribution in [0.2, 0.25) is 5.02 Å². The van der Waals surface area contributed by atoms with Gasteiger partial charge < -0.3 is 15.0 Å². The van der Waals surface area contributed by atoms with Gasteiger partial charge in [-0.25, -0.2) is 4.98 Å². The summed E-state index contributed by atoms with van der Waals surface area (Å²) in [5.41, 5.74) is -0.491. The molecule has 12 heteroatoms. The molecule has 0 aliphatic carbocycles. The summed E-state index contributed by atoms with van der Waals surface area (Å²) in [6.07, 6.45) is -5.37. The summed E-state index contributed by atoms with van der Waals surface area (Å²) in [6, 6.07) is 4.89. The topological polar surface area (TPSA) is 54.5 Å². The van der Waals surface area contributed by atoms with E-state index in [9.17, 15) is 31.1 Å². The van der Waals surface area contributed by atoms with Crippen molar-refractivity contribution in [3.63, 3.8) is 0 Å². The average molecular weight is 466 g/mol. The van der Waals surface area contributed by atoms with Crippen molar-refractivity contribution in [1.29, 1.82) is 0 Å². The number of pyridine rings is 1. The van der Waals surface area contributed by atoms with Gasteiger partial charge >= 0.3 is 12.5 Å². The number of carbonyl (C=O) groups excluding carboxylic acids is 1. The Morgan fingerprint density at radius 3 is 2.45 bits per heavy atom. The number of nitrogens with zero attached hydrogens (tertiary/aromatic N) is 2. The van der Waals surface area contributed by atoms with E-state index in [0.29, 0.717) is 11.8 Å². The van der Waals surface area contributed by atoms with Crippen LogP contribution >= 0.6 is 11.6 Å². The second kappa shape index (κ2) is 8.66. The van der Waals surface area contributed by atoms with Gasteiger partial charge in [-0.3, -0.25) is 4.79 Å². The number of hydrogen-bond acceptors (Lipinski definition) is 4. The number of hydrogen-bond donors (Lipinski definition) is 1. The lowest BCUT2D eigenvalue weighted by Crippen LogP contribution is -2.42. The Labute approximate surface area is 177 Å². The van der Waals surface area contributed by atoms with Gasteiger partial charge in [0.15, 0.2) is 5.82 Å². The minimum Gasteiger partial charge on any atom is -0.406 e. The van der Waals surface area contributed by atoms with Crippen LogP contribution in [0.3, 0.4) is 0 Å². The van der Waals surface area contributed by atoms with Gasteiger partial charge in [-0.2, -0.15) is 13.2 Å². The molecule has 1 N–H and O–H groups in total. The Morgan fingerprint density at radius 2 is 1.87 bits per heavy atom. The Hall–Kier alpha value is -2.95. The molecular weight excluding hydrogens is 452 g/mol. The standard InChI is InChI=1S/C19H14ClF6N3O2/c20-14-8-12(18(21,22)23)10-27-16(14)29-7-1-2-15(29)17(30)28-9-11-3-5-13(6-4-11)31-19(24,25)26/h1,3-8,10,15H,2,9H2,(H,28,30). The number of ether oxygens (including phenoxy) is 1. The Kier molecular flexibility index (Phi) is 6.35. The lowest BCUT2D eigenvalue weighted by atomic mass is 10.1. The highest BCUT2D eigenvalue weighted by atomic mass is 35.5. The van der Waals surface area contributed by atoms with E-state index in [-0.39, 0.29) is 23.8 Å². The molecule has 1 atom stereocenters. The molecule has 0 spiro atoms. The normalized spacial score (nSPS) is 16.5. The predicted molar refractivity (Wildman–Crippen MR) is 99.2 cm³/mol. The third-order valence-corrected chi connectivity index (χ3v) is 4.56. The van der Waals surface area contributed by atoms with Crippen molar-refractivity contribution in [2.24, 2.45) is 0 Å². The van der Waals surface area contributed by atoms with E-state index in [2.05, 4.69) is 15.0 Å². The maximum atomic E-state index is 12.8. The quantitative estimate of drug-likeness (QED) is 0.627. The molecule has 1 aromatic carbocycles. The number of carbonyl (C=O) groups is 1. The first-order valence-corrected chi connectivity index (χ1v) is 9.12. The zero-order chi connectivity index (χ0) is 22.8. The molecule has 0 saturated carbocycles. The molecule has 0 saturated heterocycles. The lowest BCUT2D eigenvalue weighted by molar-refractivity contribution is -0.274. The van der Waals surface area contributed by atoms with Crippen LogP contribution in [0, 0.1) is 0 Å². The Bertz CT molecular complexity index is 976. The molecule has 1 aromatic heterocycles. The molecule has 166 valence electrons. The molecule has 2 aromatic rings. The smallest absolute Gasteiger partial charge is 0.406 e. The van der Waals surface area contributed by atoms with Gasteiger partial charge in [-0.15, -0.1) is 13.2 Å². The SMILES string of the molecule is O=C(NCc1ccc(OC(F)(F)F)cc1)C1CC=CN1c1ncc(C(F)(F)F)cc1Cl. The fourth-order valence-electron chi connectivity index (χ4n) is 2.86. The van der Waals surface area contributed by atoms with Crippen LogP contribution in [0.5, 0.6) is 5.75 Å². The van der Waals surface area contributed by atoms with Crippen molar-refractivity contribution >= 4 is 23.3 Å². The molecule has 0 fully saturated rings. The van der Waals surface area contributed by atoms with E-state index < -0.39 is 35.8 Å². The van der Waals surface area contributed by atoms with Gasteiger partial charge in [0.2, 0.25) is 5.91 Å². The number of anilines is 1. The largest absolute Gasteiger partial charge is 0.573 e. The van der Waals surface area contributed by atoms with E-state index in [1.54, 1.807) is 6.08 Å². The van der Waals surface area contributed by atoms with Crippen LogP contribution in [0.15, 0.2) is 48.8 Å². The Morgan fingerprint density at radius 1 is 1.19 bits per heavy atom. The molecule has 2 heterocycles. The highest BCUT2D eigenvalue weighted by Crippen LogP contribution is 2.35. The first kappa shape index (κ1) is 22.7. The summed E-state index contributed by atoms with van der Waals surface area (Å²) in [7, 11) is 0. The molecule has 1 unspecified atom stereocenters. The molecule has 0 radical (unpaired) electrons. The fourth-order valence-corrected chi connectivity index (χ4v) is 3.13. The predicted octanol–water partition coefficient (Wildman–Crippen LogP) is 5.06. The van der Waals surface area contributed by atoms with Crippen molar-refractivity contribution in [3.05, 3.63) is 65.0 Å². The summed E-state index contributed by atoms with van der Waals surface area (Å²) in [5, 5.41) is 2.36. The monoisotopic (exact) mass is 465 g/mol. The maximum absolute atomic E-state index is 12.8. The minimum atomic E-state index is -4.80. The average Bonchev–Trinajstić information content (AvgIpc) is 3.15. The van der Waals surface area contributed by atoms with Crippen LogP contribution in [0.25, 0.3) is 0 Å². The highest BCUT2D eigenvalue weighted by molar-refractivity contribution is 6.33. The zero-order valence-corrected chi connectivity index (χ0v) is 16.2. The van der Waals surface area contributed by atoms with E-state index in [1.807, 2.05) is 0 Å². The summed E-state index contributed by atoms with van der Waals surface area (Å²) in [4.78, 5) is 17.7. The minimum absolute atomic E-state index is 0.00257. The molecular formula is C19H14ClF6N3O2. The van der Waals surface area contributed by atoms with Crippen molar-refractivity contribution < 1.29 is 35.9 Å². The molecule has 0 bridgehead atoms. The van der Waals surface area contributed by atoms with Crippen molar-refractivity contribution in [3.8, 4) is 5.75 Å². The molecule has 5 nitrogen and oxygen atoms in total. The number of nitrogens with one attached hydrogen (secondary N) is 1. The molecule has 3 rings (SSSR count). The van der Waals surface area contributed by atoms with E-state index in [1.165, 1.54) is 23.2 Å². The van der Waals surface area contributed by atoms with Crippen LogP contribution in [0.1, 0.15) is 17.5 Å². The van der Waals surface area contributed by atoms with Gasteiger partial charge in [0, 0.05) is 18.9 Å². The van der Waals surface area contributed by atoms with Gasteiger partial charge in [0.1, 0.15) is 11.8 Å². The summed E-state index contributed by atoms with van der Waals surface area (Å²) in [5.74, 6) is -0.854. The van der Waals surface area contributed by atoms with Crippen molar-refractivity contribution in [2.75, 3.05) is 4.90 Å². The molecule has 31 heavy (non-hydrogen) atoms. The summed E-state index contributed by atoms with van der Waals surface area (Å²) < 4.78 is 78.7. The zero-order valence-electron chi connectivity index (χ0n) is 15.5. The summed E-state index contributed by atoms with van der Waals surface area (Å²) >= 11 is 5.96. The number of alkyl halides is 6. The Balaban J connectivity index is 1.64. The van der Waals surface area contributed by atoms with Gasteiger partial charge in [-0.1, -0.05) is 29.8 Å². The second-order valence-electron chi connectivity index (χ2n) is 6.48. The third-order valence-electron chi connectivity index (χ3n) is 4.28. The number of amides is 1. The third kappa shape index (κ3) is 5.81. The van der Waals surface area contributed by atoms with Crippen molar-refractivity contribution in [1.82, 2.24) is 10.3 Å². The first-order chi connectivity index (χ1) is 14.4. The molecule has 1 aliphatic heterocycles. The van der Waals surface area contributed by atoms with Crippen molar-refractivity contribution in [2.45, 2.75) is 31.5 Å². The van der Waals surface area contributed by atoms with Gasteiger partial charge in [0.05, 0.1) is 10.6 Å². The van der Waals surface area contributed by atoms with Crippen LogP contribution in [-0.4, -0.2) is 23.3 Å². The van der Waals surface area contributed by atoms with Gasteiger partial charge in [0.25, 0.3) is 0 Å². The van der Waals surface area contributed by atoms with E-state index in [0.717, 1.165) is 18.2 Å². The number of rotatable bonds is 5. The van der Waals surface area contributed by atoms with E-state index >= 15 is 0 Å². The second-order valence-corrected chi connectivity index (χ2v) is 6.89. The molecule has 1 amide bonds. The van der Waals surface area contributed by atoms with E-state index in [4.69, 9.17) is 11.6 Å². The van der Waals surface area contributed by atoms with Crippen LogP contribution in [0.4, 0.5) is 32.2 Å². The van der Waals surface area contributed by atoms with Crippen LogP contribution in [-0.2, 0) is 17.5 Å². The number of halogens is 7. The van der Waals surface area contributed by atoms with Crippen LogP contribution < -0.4 is 15.0 Å².